The number of hydrogen-bond donors (Lipinski definition) is 0. The van der Waals surface area contributed by atoms with Crippen LogP contribution < -0.4 is 0 Å². The fourth-order valence-electron chi connectivity index (χ4n) is 2.38. The normalized spacial score (nSPS) is 11.3. The van der Waals surface area contributed by atoms with Gasteiger partial charge in [0.25, 0.3) is 0 Å². The minimum Gasteiger partial charge on any atom is -0.292 e. The Balaban J connectivity index is 2.16. The first kappa shape index (κ1) is 16.2. The lowest BCUT2D eigenvalue weighted by Gasteiger charge is -2.20. The van der Waals surface area contributed by atoms with Gasteiger partial charge >= 0.3 is 0 Å². The second-order valence-electron chi connectivity index (χ2n) is 5.00. The molecular weight excluding hydrogens is 328 g/mol. The van der Waals surface area contributed by atoms with E-state index < -0.39 is 0 Å². The van der Waals surface area contributed by atoms with E-state index in [4.69, 9.17) is 0 Å². The van der Waals surface area contributed by atoms with Gasteiger partial charge in [0.15, 0.2) is 0 Å². The van der Waals surface area contributed by atoms with Gasteiger partial charge in [-0.25, -0.2) is 0 Å². The molecular formula is C16H23BrN4. The maximum absolute atomic E-state index is 4.67. The molecule has 5 heteroatoms. The van der Waals surface area contributed by atoms with Crippen LogP contribution in [-0.4, -0.2) is 26.2 Å². The third-order valence-corrected chi connectivity index (χ3v) is 4.54. The lowest BCUT2D eigenvalue weighted by molar-refractivity contribution is 0.259. The lowest BCUT2D eigenvalue weighted by atomic mass is 10.2. The zero-order chi connectivity index (χ0) is 15.2. The summed E-state index contributed by atoms with van der Waals surface area (Å²) in [5.74, 6) is 0. The Kier molecular flexibility index (Phi) is 5.94. The van der Waals surface area contributed by atoms with E-state index in [1.54, 1.807) is 0 Å². The van der Waals surface area contributed by atoms with Crippen molar-refractivity contribution in [3.05, 3.63) is 46.0 Å². The Bertz CT molecular complexity index is 565. The van der Waals surface area contributed by atoms with Gasteiger partial charge < -0.3 is 0 Å². The number of aromatic nitrogens is 3. The molecule has 21 heavy (non-hydrogen) atoms. The second kappa shape index (κ2) is 7.71. The average molecular weight is 351 g/mol. The quantitative estimate of drug-likeness (QED) is 0.764. The first-order chi connectivity index (χ1) is 10.2. The summed E-state index contributed by atoms with van der Waals surface area (Å²) in [6, 6.07) is 6.07. The van der Waals surface area contributed by atoms with Gasteiger partial charge in [-0.05, 0) is 48.0 Å². The molecule has 0 fully saturated rings. The van der Waals surface area contributed by atoms with Crippen molar-refractivity contribution in [3.63, 3.8) is 0 Å². The van der Waals surface area contributed by atoms with Crippen molar-refractivity contribution in [3.8, 4) is 0 Å². The van der Waals surface area contributed by atoms with Crippen molar-refractivity contribution in [1.29, 1.82) is 0 Å². The Morgan fingerprint density at radius 1 is 1.19 bits per heavy atom. The van der Waals surface area contributed by atoms with Gasteiger partial charge in [0.2, 0.25) is 0 Å². The second-order valence-corrected chi connectivity index (χ2v) is 5.79. The highest BCUT2D eigenvalue weighted by Crippen LogP contribution is 2.24. The zero-order valence-electron chi connectivity index (χ0n) is 13.0. The number of halogens is 1. The molecule has 0 radical (unpaired) electrons. The van der Waals surface area contributed by atoms with Crippen LogP contribution in [0.1, 0.15) is 37.9 Å². The summed E-state index contributed by atoms with van der Waals surface area (Å²) in [6.45, 7) is 10.1. The van der Waals surface area contributed by atoms with Crippen LogP contribution in [0.5, 0.6) is 0 Å². The first-order valence-electron chi connectivity index (χ1n) is 7.55. The molecule has 2 heterocycles. The van der Waals surface area contributed by atoms with Crippen LogP contribution in [0, 0.1) is 0 Å². The van der Waals surface area contributed by atoms with Gasteiger partial charge in [0.1, 0.15) is 0 Å². The Hall–Kier alpha value is -1.20. The lowest BCUT2D eigenvalue weighted by Crippen LogP contribution is -2.24. The maximum atomic E-state index is 4.67. The molecule has 0 N–H and O–H groups in total. The van der Waals surface area contributed by atoms with Gasteiger partial charge in [-0.3, -0.25) is 14.6 Å². The molecule has 0 saturated carbocycles. The molecule has 2 rings (SSSR count). The minimum absolute atomic E-state index is 0.861. The van der Waals surface area contributed by atoms with Gasteiger partial charge in [-0.2, -0.15) is 5.10 Å². The van der Waals surface area contributed by atoms with E-state index in [-0.39, 0.29) is 0 Å². The molecule has 0 amide bonds. The molecule has 2 aromatic heterocycles. The topological polar surface area (TPSA) is 34.0 Å². The number of hydrogen-bond acceptors (Lipinski definition) is 3. The first-order valence-corrected chi connectivity index (χ1v) is 8.35. The van der Waals surface area contributed by atoms with Crippen LogP contribution in [-0.2, 0) is 26.1 Å². The van der Waals surface area contributed by atoms with E-state index in [9.17, 15) is 0 Å². The summed E-state index contributed by atoms with van der Waals surface area (Å²) < 4.78 is 3.26. The molecule has 0 unspecified atom stereocenters. The third kappa shape index (κ3) is 3.92. The van der Waals surface area contributed by atoms with Gasteiger partial charge in [0.05, 0.1) is 21.6 Å². The highest BCUT2D eigenvalue weighted by Gasteiger charge is 2.16. The average Bonchev–Trinajstić information content (AvgIpc) is 2.83. The van der Waals surface area contributed by atoms with Gasteiger partial charge in [0, 0.05) is 25.8 Å². The highest BCUT2D eigenvalue weighted by molar-refractivity contribution is 9.10. The predicted octanol–water partition coefficient (Wildman–Crippen LogP) is 3.65. The van der Waals surface area contributed by atoms with Crippen molar-refractivity contribution in [1.82, 2.24) is 19.7 Å². The van der Waals surface area contributed by atoms with Crippen molar-refractivity contribution in [2.75, 3.05) is 6.54 Å². The van der Waals surface area contributed by atoms with Crippen molar-refractivity contribution >= 4 is 15.9 Å². The fourth-order valence-corrected chi connectivity index (χ4v) is 3.07. The Morgan fingerprint density at radius 2 is 2.00 bits per heavy atom. The highest BCUT2D eigenvalue weighted by atomic mass is 79.9. The molecule has 4 nitrogen and oxygen atoms in total. The van der Waals surface area contributed by atoms with Crippen LogP contribution in [0.4, 0.5) is 0 Å². The van der Waals surface area contributed by atoms with Crippen molar-refractivity contribution in [2.24, 2.45) is 0 Å². The van der Waals surface area contributed by atoms with Crippen LogP contribution >= 0.6 is 15.9 Å². The number of nitrogens with zero attached hydrogens (tertiary/aromatic N) is 4. The summed E-state index contributed by atoms with van der Waals surface area (Å²) in [7, 11) is 0. The third-order valence-electron chi connectivity index (χ3n) is 3.63. The molecule has 0 bridgehead atoms. The maximum Gasteiger partial charge on any atom is 0.0767 e. The largest absolute Gasteiger partial charge is 0.292 e. The van der Waals surface area contributed by atoms with Crippen LogP contribution in [0.15, 0.2) is 28.9 Å². The van der Waals surface area contributed by atoms with Crippen LogP contribution in [0.3, 0.4) is 0 Å². The zero-order valence-corrected chi connectivity index (χ0v) is 14.6. The standard InChI is InChI=1S/C16H23BrN4/c1-4-14-16(17)15(21(6-3)19-14)12-20(5-2)11-13-9-7-8-10-18-13/h7-10H,4-6,11-12H2,1-3H3. The smallest absolute Gasteiger partial charge is 0.0767 e. The summed E-state index contributed by atoms with van der Waals surface area (Å²) in [4.78, 5) is 6.80. The van der Waals surface area contributed by atoms with E-state index in [1.807, 2.05) is 18.3 Å². The fraction of sp³-hybridized carbons (Fsp3) is 0.500. The molecule has 0 aromatic carbocycles. The molecule has 0 spiro atoms. The molecule has 2 aromatic rings. The van der Waals surface area contributed by atoms with Gasteiger partial charge in [-0.1, -0.05) is 19.9 Å². The van der Waals surface area contributed by atoms with E-state index in [1.165, 1.54) is 5.69 Å². The van der Waals surface area contributed by atoms with Crippen LogP contribution in [0.25, 0.3) is 0 Å². The Labute approximate surface area is 135 Å². The predicted molar refractivity (Wildman–Crippen MR) is 89.0 cm³/mol. The van der Waals surface area contributed by atoms with Crippen LogP contribution in [0.2, 0.25) is 0 Å². The van der Waals surface area contributed by atoms with Crippen molar-refractivity contribution in [2.45, 2.75) is 46.8 Å². The molecule has 0 saturated heterocycles. The number of aryl methyl sites for hydroxylation is 2. The summed E-state index contributed by atoms with van der Waals surface area (Å²) in [5, 5.41) is 4.67. The van der Waals surface area contributed by atoms with Crippen molar-refractivity contribution < 1.29 is 0 Å². The van der Waals surface area contributed by atoms with E-state index in [0.29, 0.717) is 0 Å². The molecule has 0 aliphatic rings. The van der Waals surface area contributed by atoms with E-state index >= 15 is 0 Å². The van der Waals surface area contributed by atoms with Gasteiger partial charge in [-0.15, -0.1) is 0 Å². The molecule has 0 atom stereocenters. The minimum atomic E-state index is 0.861. The summed E-state index contributed by atoms with van der Waals surface area (Å²) in [6.07, 6.45) is 2.80. The summed E-state index contributed by atoms with van der Waals surface area (Å²) >= 11 is 3.72. The molecule has 0 aliphatic heterocycles. The number of pyridine rings is 1. The SMILES string of the molecule is CCc1nn(CC)c(CN(CC)Cc2ccccn2)c1Br. The number of rotatable bonds is 7. The molecule has 114 valence electrons. The Morgan fingerprint density at radius 3 is 2.57 bits per heavy atom. The monoisotopic (exact) mass is 350 g/mol. The summed E-state index contributed by atoms with van der Waals surface area (Å²) in [5.41, 5.74) is 3.50. The molecule has 0 aliphatic carbocycles. The van der Waals surface area contributed by atoms with E-state index in [0.717, 1.165) is 48.5 Å². The van der Waals surface area contributed by atoms with E-state index in [2.05, 4.69) is 62.4 Å².